The third-order valence-electron chi connectivity index (χ3n) is 2.06. The smallest absolute Gasteiger partial charge is 0.143 e. The van der Waals surface area contributed by atoms with E-state index < -0.39 is 11.4 Å². The molecule has 4 heteroatoms. The van der Waals surface area contributed by atoms with E-state index in [4.69, 9.17) is 4.74 Å². The molecule has 0 radical (unpaired) electrons. The number of methoxy groups -OCH3 is 1. The highest BCUT2D eigenvalue weighted by atomic mass is 79.9. The molecule has 2 nitrogen and oxygen atoms in total. The minimum atomic E-state index is -1.20. The summed E-state index contributed by atoms with van der Waals surface area (Å²) < 4.78 is 19.0. The van der Waals surface area contributed by atoms with Crippen molar-refractivity contribution in [1.29, 1.82) is 0 Å². The summed E-state index contributed by atoms with van der Waals surface area (Å²) in [4.78, 5) is 0. The molecule has 0 aliphatic rings. The number of hydrogen-bond donors (Lipinski definition) is 1. The van der Waals surface area contributed by atoms with Gasteiger partial charge in [-0.05, 0) is 47.5 Å². The highest BCUT2D eigenvalue weighted by Gasteiger charge is 2.22. The van der Waals surface area contributed by atoms with E-state index in [2.05, 4.69) is 15.9 Å². The third kappa shape index (κ3) is 3.00. The zero-order chi connectivity index (χ0) is 11.6. The van der Waals surface area contributed by atoms with Gasteiger partial charge in [0.2, 0.25) is 0 Å². The molecule has 0 saturated carbocycles. The van der Waals surface area contributed by atoms with Crippen LogP contribution in [0.25, 0.3) is 0 Å². The molecule has 0 spiro atoms. The Morgan fingerprint density at radius 2 is 2.07 bits per heavy atom. The van der Waals surface area contributed by atoms with E-state index in [0.717, 1.165) is 5.56 Å². The molecule has 15 heavy (non-hydrogen) atoms. The van der Waals surface area contributed by atoms with Crippen LogP contribution in [0, 0.1) is 5.82 Å². The minimum absolute atomic E-state index is 0.268. The summed E-state index contributed by atoms with van der Waals surface area (Å²) in [6.45, 7) is 3.49. The molecule has 0 saturated heterocycles. The summed E-state index contributed by atoms with van der Waals surface area (Å²) in [5.41, 5.74) is -0.108. The number of benzene rings is 1. The van der Waals surface area contributed by atoms with Gasteiger partial charge in [0.25, 0.3) is 0 Å². The van der Waals surface area contributed by atoms with Crippen LogP contribution in [0.3, 0.4) is 0 Å². The van der Waals surface area contributed by atoms with Crippen LogP contribution in [0.5, 0.6) is 0 Å². The molecule has 0 unspecified atom stereocenters. The number of aliphatic hydroxyl groups is 1. The average molecular weight is 277 g/mol. The largest absolute Gasteiger partial charge is 0.386 e. The number of halogens is 2. The Morgan fingerprint density at radius 1 is 1.47 bits per heavy atom. The lowest BCUT2D eigenvalue weighted by Gasteiger charge is -2.20. The van der Waals surface area contributed by atoms with Gasteiger partial charge in [-0.2, -0.15) is 0 Å². The van der Waals surface area contributed by atoms with Crippen molar-refractivity contribution in [1.82, 2.24) is 0 Å². The van der Waals surface area contributed by atoms with E-state index >= 15 is 0 Å². The molecular formula is C11H14BrFO2. The number of rotatable bonds is 3. The highest BCUT2D eigenvalue weighted by molar-refractivity contribution is 9.10. The van der Waals surface area contributed by atoms with Crippen molar-refractivity contribution in [3.8, 4) is 0 Å². The van der Waals surface area contributed by atoms with E-state index in [0.29, 0.717) is 11.1 Å². The molecule has 0 bridgehead atoms. The van der Waals surface area contributed by atoms with E-state index in [-0.39, 0.29) is 5.56 Å². The van der Waals surface area contributed by atoms with Crippen LogP contribution in [0.4, 0.5) is 4.39 Å². The molecule has 0 aliphatic carbocycles. The van der Waals surface area contributed by atoms with Crippen LogP contribution in [0.15, 0.2) is 16.6 Å². The van der Waals surface area contributed by atoms with Crippen molar-refractivity contribution in [3.05, 3.63) is 33.5 Å². The Hall–Kier alpha value is -0.450. The van der Waals surface area contributed by atoms with Crippen LogP contribution in [-0.2, 0) is 16.9 Å². The second kappa shape index (κ2) is 4.60. The molecule has 0 heterocycles. The third-order valence-corrected chi connectivity index (χ3v) is 2.64. The predicted octanol–water partition coefficient (Wildman–Crippen LogP) is 2.96. The second-order valence-corrected chi connectivity index (χ2v) is 4.79. The lowest BCUT2D eigenvalue weighted by Crippen LogP contribution is -2.18. The van der Waals surface area contributed by atoms with Gasteiger partial charge in [-0.15, -0.1) is 0 Å². The molecule has 1 aromatic rings. The monoisotopic (exact) mass is 276 g/mol. The lowest BCUT2D eigenvalue weighted by atomic mass is 9.96. The first-order chi connectivity index (χ1) is 6.86. The van der Waals surface area contributed by atoms with Crippen molar-refractivity contribution in [2.45, 2.75) is 26.1 Å². The van der Waals surface area contributed by atoms with Crippen molar-refractivity contribution in [2.75, 3.05) is 7.11 Å². The first-order valence-electron chi connectivity index (χ1n) is 4.56. The first kappa shape index (κ1) is 12.6. The van der Waals surface area contributed by atoms with Gasteiger partial charge in [-0.1, -0.05) is 0 Å². The van der Waals surface area contributed by atoms with Crippen molar-refractivity contribution in [3.63, 3.8) is 0 Å². The maximum atomic E-state index is 13.7. The molecule has 0 atom stereocenters. The Balaban J connectivity index is 3.25. The summed E-state index contributed by atoms with van der Waals surface area (Å²) in [6.07, 6.45) is 0. The summed E-state index contributed by atoms with van der Waals surface area (Å²) in [5, 5.41) is 9.79. The SMILES string of the molecule is COCc1cc(Br)c(F)c(C(C)(C)O)c1. The topological polar surface area (TPSA) is 29.5 Å². The fourth-order valence-corrected chi connectivity index (χ4v) is 1.85. The zero-order valence-electron chi connectivity index (χ0n) is 8.97. The fourth-order valence-electron chi connectivity index (χ4n) is 1.34. The van der Waals surface area contributed by atoms with Crippen LogP contribution < -0.4 is 0 Å². The Bertz CT molecular complexity index is 358. The van der Waals surface area contributed by atoms with E-state index in [1.807, 2.05) is 0 Å². The maximum Gasteiger partial charge on any atom is 0.143 e. The van der Waals surface area contributed by atoms with Gasteiger partial charge in [0.05, 0.1) is 16.7 Å². The van der Waals surface area contributed by atoms with Gasteiger partial charge in [-0.3, -0.25) is 0 Å². The normalized spacial score (nSPS) is 11.9. The molecule has 0 fully saturated rings. The molecule has 1 rings (SSSR count). The van der Waals surface area contributed by atoms with Crippen LogP contribution in [-0.4, -0.2) is 12.2 Å². The maximum absolute atomic E-state index is 13.7. The zero-order valence-corrected chi connectivity index (χ0v) is 10.6. The van der Waals surface area contributed by atoms with Crippen molar-refractivity contribution >= 4 is 15.9 Å². The molecular weight excluding hydrogens is 263 g/mol. The Morgan fingerprint density at radius 3 is 2.53 bits per heavy atom. The van der Waals surface area contributed by atoms with Gasteiger partial charge in [0.1, 0.15) is 5.82 Å². The van der Waals surface area contributed by atoms with Crippen LogP contribution >= 0.6 is 15.9 Å². The Labute approximate surface area is 97.2 Å². The van der Waals surface area contributed by atoms with Crippen molar-refractivity contribution in [2.24, 2.45) is 0 Å². The van der Waals surface area contributed by atoms with Gasteiger partial charge in [0, 0.05) is 12.7 Å². The molecule has 84 valence electrons. The quantitative estimate of drug-likeness (QED) is 0.920. The van der Waals surface area contributed by atoms with Gasteiger partial charge in [-0.25, -0.2) is 4.39 Å². The van der Waals surface area contributed by atoms with Gasteiger partial charge < -0.3 is 9.84 Å². The first-order valence-corrected chi connectivity index (χ1v) is 5.35. The average Bonchev–Trinajstić information content (AvgIpc) is 2.09. The summed E-state index contributed by atoms with van der Waals surface area (Å²) in [6, 6.07) is 3.26. The molecule has 0 amide bonds. The number of hydrogen-bond acceptors (Lipinski definition) is 2. The molecule has 0 aliphatic heterocycles. The fraction of sp³-hybridized carbons (Fsp3) is 0.455. The standard InChI is InChI=1S/C11H14BrFO2/c1-11(2,14)8-4-7(6-15-3)5-9(12)10(8)13/h4-5,14H,6H2,1-3H3. The summed E-state index contributed by atoms with van der Waals surface area (Å²) in [7, 11) is 1.57. The molecule has 1 aromatic carbocycles. The predicted molar refractivity (Wildman–Crippen MR) is 60.1 cm³/mol. The molecule has 0 aromatic heterocycles. The summed E-state index contributed by atoms with van der Waals surface area (Å²) in [5.74, 6) is -0.428. The van der Waals surface area contributed by atoms with Crippen molar-refractivity contribution < 1.29 is 14.2 Å². The second-order valence-electron chi connectivity index (χ2n) is 3.93. The van der Waals surface area contributed by atoms with E-state index in [9.17, 15) is 9.50 Å². The number of ether oxygens (including phenoxy) is 1. The van der Waals surface area contributed by atoms with E-state index in [1.165, 1.54) is 0 Å². The minimum Gasteiger partial charge on any atom is -0.386 e. The van der Waals surface area contributed by atoms with Crippen LogP contribution in [0.2, 0.25) is 0 Å². The van der Waals surface area contributed by atoms with Gasteiger partial charge in [0.15, 0.2) is 0 Å². The van der Waals surface area contributed by atoms with Crippen LogP contribution in [0.1, 0.15) is 25.0 Å². The highest BCUT2D eigenvalue weighted by Crippen LogP contribution is 2.29. The summed E-state index contributed by atoms with van der Waals surface area (Å²) >= 11 is 3.12. The lowest BCUT2D eigenvalue weighted by molar-refractivity contribution is 0.0740. The Kier molecular flexibility index (Phi) is 3.87. The van der Waals surface area contributed by atoms with E-state index in [1.54, 1.807) is 33.1 Å². The molecule has 1 N–H and O–H groups in total. The van der Waals surface area contributed by atoms with Gasteiger partial charge >= 0.3 is 0 Å².